The molecule has 1 heterocycles. The molecular weight excluding hydrogens is 289 g/mol. The van der Waals surface area contributed by atoms with E-state index in [4.69, 9.17) is 5.73 Å². The molecule has 3 rings (SSSR count). The van der Waals surface area contributed by atoms with Crippen LogP contribution in [0.2, 0.25) is 0 Å². The van der Waals surface area contributed by atoms with Crippen molar-refractivity contribution < 1.29 is 4.39 Å². The van der Waals surface area contributed by atoms with Crippen molar-refractivity contribution in [3.05, 3.63) is 71.7 Å². The molecule has 3 aromatic rings. The predicted octanol–water partition coefficient (Wildman–Crippen LogP) is 4.26. The smallest absolute Gasteiger partial charge is 0.123 e. The van der Waals surface area contributed by atoms with Crippen LogP contribution in [0.4, 0.5) is 4.39 Å². The van der Waals surface area contributed by atoms with Crippen molar-refractivity contribution in [2.24, 2.45) is 5.73 Å². The second kappa shape index (κ2) is 6.34. The van der Waals surface area contributed by atoms with Crippen LogP contribution < -0.4 is 5.73 Å². The summed E-state index contributed by atoms with van der Waals surface area (Å²) in [5.41, 5.74) is 10.7. The second-order valence-electron chi connectivity index (χ2n) is 5.89. The molecule has 0 saturated heterocycles. The van der Waals surface area contributed by atoms with E-state index in [9.17, 15) is 4.39 Å². The van der Waals surface area contributed by atoms with E-state index >= 15 is 0 Å². The quantitative estimate of drug-likeness (QED) is 0.782. The molecule has 0 aliphatic heterocycles. The number of nitrogens with zero attached hydrogens (tertiary/aromatic N) is 2. The van der Waals surface area contributed by atoms with Crippen LogP contribution in [0.1, 0.15) is 31.0 Å². The normalized spacial score (nSPS) is 11.2. The van der Waals surface area contributed by atoms with Gasteiger partial charge in [-0.1, -0.05) is 38.1 Å². The third-order valence-electron chi connectivity index (χ3n) is 3.91. The standard InChI is InChI=1S/C19H20FN3/c1-13(2)14-3-5-15(6-4-14)19-11-17(12-21)22-23(19)18-9-7-16(20)8-10-18/h3-11,13H,12,21H2,1-2H3. The van der Waals surface area contributed by atoms with Gasteiger partial charge in [0, 0.05) is 12.1 Å². The molecule has 0 radical (unpaired) electrons. The summed E-state index contributed by atoms with van der Waals surface area (Å²) >= 11 is 0. The third-order valence-corrected chi connectivity index (χ3v) is 3.91. The average molecular weight is 309 g/mol. The molecule has 0 spiro atoms. The van der Waals surface area contributed by atoms with Gasteiger partial charge in [-0.2, -0.15) is 5.10 Å². The largest absolute Gasteiger partial charge is 0.325 e. The van der Waals surface area contributed by atoms with Gasteiger partial charge >= 0.3 is 0 Å². The monoisotopic (exact) mass is 309 g/mol. The highest BCUT2D eigenvalue weighted by Crippen LogP contribution is 2.26. The Labute approximate surface area is 135 Å². The Morgan fingerprint density at radius 3 is 2.26 bits per heavy atom. The molecule has 0 aliphatic rings. The highest BCUT2D eigenvalue weighted by molar-refractivity contribution is 5.63. The van der Waals surface area contributed by atoms with Crippen molar-refractivity contribution in [2.45, 2.75) is 26.3 Å². The Bertz CT molecular complexity index is 786. The summed E-state index contributed by atoms with van der Waals surface area (Å²) in [7, 11) is 0. The number of nitrogens with two attached hydrogens (primary N) is 1. The van der Waals surface area contributed by atoms with Crippen LogP contribution in [-0.2, 0) is 6.54 Å². The minimum Gasteiger partial charge on any atom is -0.325 e. The lowest BCUT2D eigenvalue weighted by Gasteiger charge is -2.09. The number of hydrogen-bond acceptors (Lipinski definition) is 2. The fourth-order valence-corrected chi connectivity index (χ4v) is 2.55. The van der Waals surface area contributed by atoms with Gasteiger partial charge < -0.3 is 5.73 Å². The Morgan fingerprint density at radius 1 is 1.04 bits per heavy atom. The summed E-state index contributed by atoms with van der Waals surface area (Å²) < 4.78 is 15.0. The lowest BCUT2D eigenvalue weighted by atomic mass is 10.0. The van der Waals surface area contributed by atoms with Gasteiger partial charge in [0.15, 0.2) is 0 Å². The van der Waals surface area contributed by atoms with Gasteiger partial charge in [0.2, 0.25) is 0 Å². The summed E-state index contributed by atoms with van der Waals surface area (Å²) in [6, 6.07) is 16.7. The predicted molar refractivity (Wildman–Crippen MR) is 90.9 cm³/mol. The van der Waals surface area contributed by atoms with E-state index < -0.39 is 0 Å². The number of hydrogen-bond donors (Lipinski definition) is 1. The van der Waals surface area contributed by atoms with Gasteiger partial charge in [0.1, 0.15) is 5.82 Å². The van der Waals surface area contributed by atoms with E-state index in [1.165, 1.54) is 17.7 Å². The zero-order chi connectivity index (χ0) is 16.4. The van der Waals surface area contributed by atoms with E-state index in [2.05, 4.69) is 43.2 Å². The molecule has 0 fully saturated rings. The van der Waals surface area contributed by atoms with Crippen LogP contribution in [-0.4, -0.2) is 9.78 Å². The van der Waals surface area contributed by atoms with E-state index in [-0.39, 0.29) is 5.82 Å². The first kappa shape index (κ1) is 15.4. The van der Waals surface area contributed by atoms with Gasteiger partial charge in [-0.05, 0) is 41.8 Å². The molecule has 0 bridgehead atoms. The molecule has 2 aromatic carbocycles. The molecule has 0 aliphatic carbocycles. The molecule has 118 valence electrons. The van der Waals surface area contributed by atoms with Crippen molar-refractivity contribution in [1.82, 2.24) is 9.78 Å². The highest BCUT2D eigenvalue weighted by Gasteiger charge is 2.11. The Kier molecular flexibility index (Phi) is 4.26. The number of rotatable bonds is 4. The lowest BCUT2D eigenvalue weighted by molar-refractivity contribution is 0.627. The molecule has 0 unspecified atom stereocenters. The van der Waals surface area contributed by atoms with E-state index in [0.29, 0.717) is 12.5 Å². The number of aromatic nitrogens is 2. The second-order valence-corrected chi connectivity index (χ2v) is 5.89. The van der Waals surface area contributed by atoms with Crippen molar-refractivity contribution in [3.8, 4) is 16.9 Å². The third kappa shape index (κ3) is 3.17. The number of halogens is 1. The highest BCUT2D eigenvalue weighted by atomic mass is 19.1. The van der Waals surface area contributed by atoms with Crippen LogP contribution in [0.15, 0.2) is 54.6 Å². The first-order valence-corrected chi connectivity index (χ1v) is 7.74. The van der Waals surface area contributed by atoms with Crippen LogP contribution in [0, 0.1) is 5.82 Å². The Hall–Kier alpha value is -2.46. The van der Waals surface area contributed by atoms with Gasteiger partial charge in [0.25, 0.3) is 0 Å². The fraction of sp³-hybridized carbons (Fsp3) is 0.211. The maximum Gasteiger partial charge on any atom is 0.123 e. The molecule has 0 atom stereocenters. The van der Waals surface area contributed by atoms with Gasteiger partial charge in [-0.25, -0.2) is 9.07 Å². The number of benzene rings is 2. The zero-order valence-corrected chi connectivity index (χ0v) is 13.3. The van der Waals surface area contributed by atoms with Crippen molar-refractivity contribution in [3.63, 3.8) is 0 Å². The van der Waals surface area contributed by atoms with Crippen LogP contribution in [0.25, 0.3) is 16.9 Å². The van der Waals surface area contributed by atoms with E-state index in [1.54, 1.807) is 12.1 Å². The summed E-state index contributed by atoms with van der Waals surface area (Å²) in [5.74, 6) is 0.230. The van der Waals surface area contributed by atoms with Crippen molar-refractivity contribution in [2.75, 3.05) is 0 Å². The molecule has 0 amide bonds. The lowest BCUT2D eigenvalue weighted by Crippen LogP contribution is -2.02. The Morgan fingerprint density at radius 2 is 1.70 bits per heavy atom. The fourth-order valence-electron chi connectivity index (χ4n) is 2.55. The SMILES string of the molecule is CC(C)c1ccc(-c2cc(CN)nn2-c2ccc(F)cc2)cc1. The first-order chi connectivity index (χ1) is 11.1. The van der Waals surface area contributed by atoms with Crippen molar-refractivity contribution >= 4 is 0 Å². The van der Waals surface area contributed by atoms with Gasteiger partial charge in [0.05, 0.1) is 17.1 Å². The first-order valence-electron chi connectivity index (χ1n) is 7.74. The van der Waals surface area contributed by atoms with Crippen LogP contribution >= 0.6 is 0 Å². The molecule has 4 heteroatoms. The summed E-state index contributed by atoms with van der Waals surface area (Å²) in [6.07, 6.45) is 0. The molecule has 2 N–H and O–H groups in total. The Balaban J connectivity index is 2.07. The van der Waals surface area contributed by atoms with E-state index in [1.807, 2.05) is 10.7 Å². The summed E-state index contributed by atoms with van der Waals surface area (Å²) in [5, 5.41) is 4.53. The molecular formula is C19H20FN3. The van der Waals surface area contributed by atoms with Crippen LogP contribution in [0.5, 0.6) is 0 Å². The minimum atomic E-state index is -0.261. The minimum absolute atomic E-state index is 0.261. The maximum atomic E-state index is 13.2. The van der Waals surface area contributed by atoms with Crippen LogP contribution in [0.3, 0.4) is 0 Å². The van der Waals surface area contributed by atoms with Gasteiger partial charge in [-0.15, -0.1) is 0 Å². The van der Waals surface area contributed by atoms with E-state index in [0.717, 1.165) is 22.6 Å². The average Bonchev–Trinajstić information content (AvgIpc) is 3.00. The maximum absolute atomic E-state index is 13.2. The zero-order valence-electron chi connectivity index (χ0n) is 13.3. The molecule has 1 aromatic heterocycles. The van der Waals surface area contributed by atoms with Crippen molar-refractivity contribution in [1.29, 1.82) is 0 Å². The summed E-state index contributed by atoms with van der Waals surface area (Å²) in [6.45, 7) is 4.71. The molecule has 3 nitrogen and oxygen atoms in total. The molecule has 23 heavy (non-hydrogen) atoms. The topological polar surface area (TPSA) is 43.8 Å². The van der Waals surface area contributed by atoms with Gasteiger partial charge in [-0.3, -0.25) is 0 Å². The molecule has 0 saturated carbocycles. The summed E-state index contributed by atoms with van der Waals surface area (Å²) in [4.78, 5) is 0.